The lowest BCUT2D eigenvalue weighted by Crippen LogP contribution is -2.40. The van der Waals surface area contributed by atoms with Crippen molar-refractivity contribution in [3.8, 4) is 12.3 Å². The molecule has 1 aliphatic rings. The maximum atomic E-state index is 9.89. The Morgan fingerprint density at radius 3 is 2.92 bits per heavy atom. The number of terminal acetylenes is 1. The van der Waals surface area contributed by atoms with Crippen LogP contribution in [0.15, 0.2) is 12.7 Å². The Bertz CT molecular complexity index is 736. The van der Waals surface area contributed by atoms with Gasteiger partial charge < -0.3 is 19.7 Å². The van der Waals surface area contributed by atoms with Gasteiger partial charge in [-0.2, -0.15) is 0 Å². The predicted octanol–water partition coefficient (Wildman–Crippen LogP) is 1.12. The van der Waals surface area contributed by atoms with Crippen LogP contribution in [0.1, 0.15) is 38.6 Å². The van der Waals surface area contributed by atoms with Crippen LogP contribution < -0.4 is 4.90 Å². The molecule has 7 heteroatoms. The van der Waals surface area contributed by atoms with E-state index in [9.17, 15) is 10.2 Å². The van der Waals surface area contributed by atoms with Crippen LogP contribution in [0.5, 0.6) is 0 Å². The molecule has 3 atom stereocenters. The summed E-state index contributed by atoms with van der Waals surface area (Å²) in [5, 5.41) is 19.5. The molecule has 1 fully saturated rings. The van der Waals surface area contributed by atoms with E-state index in [0.29, 0.717) is 17.6 Å². The Labute approximate surface area is 141 Å². The molecule has 1 unspecified atom stereocenters. The van der Waals surface area contributed by atoms with Crippen molar-refractivity contribution in [1.29, 1.82) is 0 Å². The van der Waals surface area contributed by atoms with E-state index in [1.807, 2.05) is 0 Å². The van der Waals surface area contributed by atoms with Crippen LogP contribution in [0.3, 0.4) is 0 Å². The van der Waals surface area contributed by atoms with Gasteiger partial charge >= 0.3 is 0 Å². The van der Waals surface area contributed by atoms with Gasteiger partial charge in [0.2, 0.25) is 0 Å². The number of hydrogen-bond acceptors (Lipinski definition) is 6. The molecule has 0 spiro atoms. The normalized spacial score (nSPS) is 20.8. The summed E-state index contributed by atoms with van der Waals surface area (Å²) >= 11 is 0. The first kappa shape index (κ1) is 16.7. The molecule has 0 aliphatic carbocycles. The molecule has 2 aromatic rings. The first-order valence-electron chi connectivity index (χ1n) is 8.34. The highest BCUT2D eigenvalue weighted by molar-refractivity contribution is 5.83. The van der Waals surface area contributed by atoms with Crippen LogP contribution in [0.4, 0.5) is 5.82 Å². The summed E-state index contributed by atoms with van der Waals surface area (Å²) in [4.78, 5) is 15.5. The van der Waals surface area contributed by atoms with Crippen LogP contribution in [-0.2, 0) is 0 Å². The first-order chi connectivity index (χ1) is 11.7. The second-order valence-electron chi connectivity index (χ2n) is 6.26. The number of nitrogens with zero attached hydrogens (tertiary/aromatic N) is 5. The third kappa shape index (κ3) is 2.95. The lowest BCUT2D eigenvalue weighted by Gasteiger charge is -2.35. The quantitative estimate of drug-likeness (QED) is 0.800. The zero-order valence-electron chi connectivity index (χ0n) is 13.8. The lowest BCUT2D eigenvalue weighted by atomic mass is 9.99. The molecule has 2 aromatic heterocycles. The molecule has 0 amide bonds. The topological polar surface area (TPSA) is 87.3 Å². The molecule has 0 radical (unpaired) electrons. The molecule has 24 heavy (non-hydrogen) atoms. The summed E-state index contributed by atoms with van der Waals surface area (Å²) in [7, 11) is 0. The highest BCUT2D eigenvalue weighted by Gasteiger charge is 2.27. The van der Waals surface area contributed by atoms with Crippen LogP contribution in [0.25, 0.3) is 11.2 Å². The largest absolute Gasteiger partial charge is 0.394 e. The summed E-state index contributed by atoms with van der Waals surface area (Å²) in [6, 6.07) is -0.224. The molecule has 1 saturated heterocycles. The molecule has 2 N–H and O–H groups in total. The Hall–Kier alpha value is -2.17. The fourth-order valence-corrected chi connectivity index (χ4v) is 3.39. The Kier molecular flexibility index (Phi) is 4.97. The molecule has 0 aromatic carbocycles. The van der Waals surface area contributed by atoms with E-state index in [2.05, 4.69) is 25.8 Å². The van der Waals surface area contributed by atoms with Gasteiger partial charge in [0.15, 0.2) is 17.0 Å². The highest BCUT2D eigenvalue weighted by Crippen LogP contribution is 2.30. The van der Waals surface area contributed by atoms with Crippen LogP contribution in [0, 0.1) is 12.3 Å². The molecule has 128 valence electrons. The van der Waals surface area contributed by atoms with Gasteiger partial charge in [0, 0.05) is 19.0 Å². The van der Waals surface area contributed by atoms with Crippen molar-refractivity contribution >= 4 is 17.0 Å². The average molecular weight is 329 g/mol. The van der Waals surface area contributed by atoms with Crippen LogP contribution in [0.2, 0.25) is 0 Å². The van der Waals surface area contributed by atoms with E-state index < -0.39 is 12.1 Å². The van der Waals surface area contributed by atoms with Gasteiger partial charge in [0.25, 0.3) is 0 Å². The maximum absolute atomic E-state index is 9.89. The highest BCUT2D eigenvalue weighted by atomic mass is 16.3. The molecular weight excluding hydrogens is 306 g/mol. The number of piperidine rings is 1. The Balaban J connectivity index is 2.04. The van der Waals surface area contributed by atoms with E-state index in [1.165, 1.54) is 12.7 Å². The predicted molar refractivity (Wildman–Crippen MR) is 91.6 cm³/mol. The zero-order valence-corrected chi connectivity index (χ0v) is 13.8. The lowest BCUT2D eigenvalue weighted by molar-refractivity contribution is 0.0885. The molecule has 7 nitrogen and oxygen atoms in total. The summed E-state index contributed by atoms with van der Waals surface area (Å²) < 4.78 is 1.71. The van der Waals surface area contributed by atoms with Crippen LogP contribution >= 0.6 is 0 Å². The molecule has 3 rings (SSSR count). The summed E-state index contributed by atoms with van der Waals surface area (Å²) in [6.07, 6.45) is 11.9. The molecule has 0 bridgehead atoms. The maximum Gasteiger partial charge on any atom is 0.165 e. The smallest absolute Gasteiger partial charge is 0.165 e. The van der Waals surface area contributed by atoms with Gasteiger partial charge in [0.1, 0.15) is 6.33 Å². The molecular formula is C17H23N5O2. The van der Waals surface area contributed by atoms with E-state index in [4.69, 9.17) is 6.42 Å². The fraction of sp³-hybridized carbons (Fsp3) is 0.588. The second kappa shape index (κ2) is 7.16. The van der Waals surface area contributed by atoms with Crippen molar-refractivity contribution in [2.75, 3.05) is 18.1 Å². The van der Waals surface area contributed by atoms with E-state index in [-0.39, 0.29) is 12.6 Å². The van der Waals surface area contributed by atoms with Gasteiger partial charge in [-0.25, -0.2) is 15.0 Å². The number of fused-ring (bicyclic) bond motifs is 1. The van der Waals surface area contributed by atoms with Crippen molar-refractivity contribution < 1.29 is 10.2 Å². The van der Waals surface area contributed by atoms with Crippen molar-refractivity contribution in [3.05, 3.63) is 12.7 Å². The molecule has 3 heterocycles. The monoisotopic (exact) mass is 329 g/mol. The molecule has 1 aliphatic heterocycles. The minimum Gasteiger partial charge on any atom is -0.394 e. The van der Waals surface area contributed by atoms with Gasteiger partial charge in [-0.1, -0.05) is 0 Å². The van der Waals surface area contributed by atoms with Crippen molar-refractivity contribution in [3.63, 3.8) is 0 Å². The number of imidazole rings is 1. The van der Waals surface area contributed by atoms with Crippen molar-refractivity contribution in [2.45, 2.75) is 50.8 Å². The number of anilines is 1. The van der Waals surface area contributed by atoms with E-state index >= 15 is 0 Å². The third-order valence-electron chi connectivity index (χ3n) is 4.69. The number of hydrogen-bond donors (Lipinski definition) is 2. The average Bonchev–Trinajstić information content (AvgIpc) is 3.00. The summed E-state index contributed by atoms with van der Waals surface area (Å²) in [6.45, 7) is 2.35. The van der Waals surface area contributed by atoms with E-state index in [0.717, 1.165) is 25.2 Å². The molecule has 0 saturated carbocycles. The second-order valence-corrected chi connectivity index (χ2v) is 6.26. The van der Waals surface area contributed by atoms with Crippen molar-refractivity contribution in [2.24, 2.45) is 0 Å². The van der Waals surface area contributed by atoms with Gasteiger partial charge in [-0.15, -0.1) is 12.3 Å². The third-order valence-corrected chi connectivity index (χ3v) is 4.69. The summed E-state index contributed by atoms with van der Waals surface area (Å²) in [5.74, 6) is 3.53. The number of aliphatic hydroxyl groups is 2. The number of rotatable bonds is 5. The van der Waals surface area contributed by atoms with Gasteiger partial charge in [-0.05, 0) is 26.2 Å². The first-order valence-corrected chi connectivity index (χ1v) is 8.34. The van der Waals surface area contributed by atoms with E-state index in [1.54, 1.807) is 17.8 Å². The fourth-order valence-electron chi connectivity index (χ4n) is 3.39. The van der Waals surface area contributed by atoms with Gasteiger partial charge in [-0.3, -0.25) is 0 Å². The SMILES string of the molecule is C#CCC1CCCCN1c1ncnc2c1ncn2[C@@H](CO)[C@@H](C)O. The zero-order chi connectivity index (χ0) is 17.1. The minimum absolute atomic E-state index is 0.189. The standard InChI is InChI=1S/C17H23N5O2/c1-3-6-13-7-4-5-8-21(13)16-15-17(19-10-18-16)22(11-20-15)14(9-23)12(2)24/h1,10-14,23-24H,4-9H2,2H3/t12-,13?,14+/m1/s1. The van der Waals surface area contributed by atoms with Crippen LogP contribution in [-0.4, -0.2) is 55.0 Å². The van der Waals surface area contributed by atoms with Gasteiger partial charge in [0.05, 0.1) is 25.1 Å². The van der Waals surface area contributed by atoms with Crippen molar-refractivity contribution in [1.82, 2.24) is 19.5 Å². The number of aromatic nitrogens is 4. The number of aliphatic hydroxyl groups excluding tert-OH is 2. The Morgan fingerprint density at radius 1 is 1.38 bits per heavy atom. The minimum atomic E-state index is -0.713. The Morgan fingerprint density at radius 2 is 2.21 bits per heavy atom. The summed E-state index contributed by atoms with van der Waals surface area (Å²) in [5.41, 5.74) is 1.30.